The van der Waals surface area contributed by atoms with Gasteiger partial charge in [-0.2, -0.15) is 0 Å². The molecule has 15 heteroatoms. The van der Waals surface area contributed by atoms with E-state index in [1.165, 1.54) is 28.1 Å². The van der Waals surface area contributed by atoms with Crippen molar-refractivity contribution in [3.63, 3.8) is 0 Å². The van der Waals surface area contributed by atoms with Crippen LogP contribution in [0.2, 0.25) is 0 Å². The average Bonchev–Trinajstić information content (AvgIpc) is 3.65. The maximum Gasteiger partial charge on any atom is 0.218 e. The highest BCUT2D eigenvalue weighted by Crippen LogP contribution is 2.66. The lowest BCUT2D eigenvalue weighted by Crippen LogP contribution is -2.11. The summed E-state index contributed by atoms with van der Waals surface area (Å²) in [4.78, 5) is 33.5. The van der Waals surface area contributed by atoms with Crippen LogP contribution in [0.4, 0.5) is 5.69 Å². The molecule has 2 aliphatic rings. The van der Waals surface area contributed by atoms with E-state index in [9.17, 15) is 19.6 Å². The molecule has 0 radical (unpaired) electrons. The van der Waals surface area contributed by atoms with Gasteiger partial charge in [0.25, 0.3) is 0 Å². The summed E-state index contributed by atoms with van der Waals surface area (Å²) in [6.07, 6.45) is 2.46. The maximum absolute atomic E-state index is 11.4. The van der Waals surface area contributed by atoms with Crippen LogP contribution >= 0.6 is 94.1 Å². The van der Waals surface area contributed by atoms with E-state index >= 15 is 0 Å². The number of nitrogens with two attached hydrogens (primary N) is 2. The molecule has 0 saturated carbocycles. The van der Waals surface area contributed by atoms with Crippen LogP contribution in [0.25, 0.3) is 0 Å². The third kappa shape index (κ3) is 12.1. The first-order chi connectivity index (χ1) is 22.2. The molecule has 46 heavy (non-hydrogen) atoms. The van der Waals surface area contributed by atoms with Crippen molar-refractivity contribution < 1.29 is 14.7 Å². The molecule has 0 saturated heterocycles. The van der Waals surface area contributed by atoms with E-state index in [-0.39, 0.29) is 24.3 Å². The standard InChI is InChI=1S/C31H35N3O4S8/c1-19(18-35)22-6-2-20(3-7-22)10-14-39-26-27(40-15-11-21-4-8-23(34-38)9-5-21)44-30(43-26)31-45-28(41-16-12-24(32)36)29(46-31)42-17-13-25(33)37/h2-9,19,35H,10-18H2,1H3,(H2,32,36)(H2,33,37). The minimum absolute atomic E-state index is 0.135. The van der Waals surface area contributed by atoms with Crippen LogP contribution in [0.5, 0.6) is 0 Å². The molecule has 0 bridgehead atoms. The molecular weight excluding hydrogens is 735 g/mol. The molecule has 0 aromatic heterocycles. The highest BCUT2D eigenvalue weighted by atomic mass is 32.3. The second-order valence-corrected chi connectivity index (χ2v) is 20.1. The summed E-state index contributed by atoms with van der Waals surface area (Å²) in [5.41, 5.74) is 14.8. The topological polar surface area (TPSA) is 136 Å². The highest BCUT2D eigenvalue weighted by molar-refractivity contribution is 8.45. The van der Waals surface area contributed by atoms with Crippen LogP contribution in [-0.4, -0.2) is 46.5 Å². The maximum atomic E-state index is 11.4. The Bertz CT molecular complexity index is 1450. The number of carbonyl (C=O) groups is 2. The molecule has 2 aliphatic heterocycles. The minimum Gasteiger partial charge on any atom is -0.396 e. The lowest BCUT2D eigenvalue weighted by Gasteiger charge is -2.09. The fourth-order valence-electron chi connectivity index (χ4n) is 3.92. The van der Waals surface area contributed by atoms with Gasteiger partial charge in [0.05, 0.1) is 25.4 Å². The van der Waals surface area contributed by atoms with Gasteiger partial charge >= 0.3 is 0 Å². The normalized spacial score (nSPS) is 15.6. The summed E-state index contributed by atoms with van der Waals surface area (Å²) < 4.78 is 7.37. The predicted molar refractivity (Wildman–Crippen MR) is 210 cm³/mol. The molecule has 2 heterocycles. The first-order valence-corrected chi connectivity index (χ1v) is 21.6. The molecule has 0 spiro atoms. The van der Waals surface area contributed by atoms with Gasteiger partial charge in [0.1, 0.15) is 5.69 Å². The molecule has 5 N–H and O–H groups in total. The summed E-state index contributed by atoms with van der Waals surface area (Å²) in [6, 6.07) is 16.0. The number of benzene rings is 2. The molecule has 1 unspecified atom stereocenters. The Morgan fingerprint density at radius 2 is 1.09 bits per heavy atom. The van der Waals surface area contributed by atoms with Gasteiger partial charge in [0.2, 0.25) is 11.8 Å². The minimum atomic E-state index is -0.313. The SMILES string of the molecule is CC(CO)c1ccc(CCSC2=C(SCCc3ccc(N=O)cc3)SC(=C3SC(SCCC(N)=O)=C(SCCC(N)=O)S3)S2)cc1. The average molecular weight is 770 g/mol. The molecule has 2 aromatic carbocycles. The lowest BCUT2D eigenvalue weighted by molar-refractivity contribution is -0.118. The number of aliphatic hydroxyl groups excluding tert-OH is 1. The second kappa shape index (κ2) is 19.8. The second-order valence-electron chi connectivity index (χ2n) is 10.0. The smallest absolute Gasteiger partial charge is 0.218 e. The van der Waals surface area contributed by atoms with E-state index in [1.54, 1.807) is 59.2 Å². The summed E-state index contributed by atoms with van der Waals surface area (Å²) in [6.45, 7) is 2.17. The number of thioether (sulfide) groups is 8. The zero-order chi connectivity index (χ0) is 32.9. The van der Waals surface area contributed by atoms with E-state index < -0.39 is 0 Å². The van der Waals surface area contributed by atoms with Crippen molar-refractivity contribution in [2.24, 2.45) is 16.6 Å². The number of nitrogens with zero attached hydrogens (tertiary/aromatic N) is 1. The first kappa shape index (κ1) is 37.8. The van der Waals surface area contributed by atoms with E-state index in [0.717, 1.165) is 38.4 Å². The van der Waals surface area contributed by atoms with Crippen molar-refractivity contribution in [3.05, 3.63) is 95.6 Å². The quantitative estimate of drug-likeness (QED) is 0.118. The predicted octanol–water partition coefficient (Wildman–Crippen LogP) is 8.99. The van der Waals surface area contributed by atoms with Gasteiger partial charge < -0.3 is 16.6 Å². The lowest BCUT2D eigenvalue weighted by atomic mass is 10.0. The zero-order valence-electron chi connectivity index (χ0n) is 25.1. The Morgan fingerprint density at radius 3 is 1.46 bits per heavy atom. The summed E-state index contributed by atoms with van der Waals surface area (Å²) in [5.74, 6) is 2.60. The molecule has 0 aliphatic carbocycles. The molecule has 0 fully saturated rings. The Balaban J connectivity index is 1.44. The molecule has 1 atom stereocenters. The van der Waals surface area contributed by atoms with Crippen LogP contribution in [0, 0.1) is 4.91 Å². The monoisotopic (exact) mass is 769 g/mol. The van der Waals surface area contributed by atoms with Gasteiger partial charge in [0, 0.05) is 48.4 Å². The molecule has 2 aromatic rings. The number of carbonyl (C=O) groups excluding carboxylic acids is 2. The van der Waals surface area contributed by atoms with Crippen LogP contribution in [0.3, 0.4) is 0 Å². The number of primary amides is 2. The van der Waals surface area contributed by atoms with Crippen molar-refractivity contribution in [2.45, 2.75) is 38.5 Å². The third-order valence-corrected chi connectivity index (χ3v) is 18.1. The highest BCUT2D eigenvalue weighted by Gasteiger charge is 2.31. The first-order valence-electron chi connectivity index (χ1n) is 14.4. The van der Waals surface area contributed by atoms with E-state index in [1.807, 2.05) is 66.1 Å². The number of aryl methyl sites for hydroxylation is 2. The summed E-state index contributed by atoms with van der Waals surface area (Å²) in [5, 5.41) is 12.5. The fraction of sp³-hybridized carbons (Fsp3) is 0.355. The van der Waals surface area contributed by atoms with Gasteiger partial charge in [-0.15, -0.1) is 52.0 Å². The van der Waals surface area contributed by atoms with Gasteiger partial charge in [0.15, 0.2) is 0 Å². The van der Waals surface area contributed by atoms with Crippen molar-refractivity contribution in [1.29, 1.82) is 0 Å². The van der Waals surface area contributed by atoms with Crippen molar-refractivity contribution in [3.8, 4) is 0 Å². The van der Waals surface area contributed by atoms with Gasteiger partial charge in [-0.1, -0.05) is 90.4 Å². The Hall–Kier alpha value is -1.04. The van der Waals surface area contributed by atoms with Crippen molar-refractivity contribution in [2.75, 3.05) is 29.6 Å². The number of hydrogen-bond acceptors (Lipinski definition) is 13. The molecule has 7 nitrogen and oxygen atoms in total. The molecule has 4 rings (SSSR count). The van der Waals surface area contributed by atoms with E-state index in [4.69, 9.17) is 11.5 Å². The molecule has 246 valence electrons. The van der Waals surface area contributed by atoms with Crippen LogP contribution < -0.4 is 11.5 Å². The molecular formula is C31H35N3O4S8. The van der Waals surface area contributed by atoms with Crippen LogP contribution in [0.15, 0.2) is 79.1 Å². The Morgan fingerprint density at radius 1 is 0.696 bits per heavy atom. The van der Waals surface area contributed by atoms with Gasteiger partial charge in [-0.05, 0) is 46.8 Å². The van der Waals surface area contributed by atoms with Crippen molar-refractivity contribution >= 4 is 112 Å². The molecule has 2 amide bonds. The number of nitroso groups, excluding NO2 is 1. The number of hydrogen-bond donors (Lipinski definition) is 3. The van der Waals surface area contributed by atoms with Crippen molar-refractivity contribution in [1.82, 2.24) is 0 Å². The number of amides is 2. The van der Waals surface area contributed by atoms with Gasteiger partial charge in [-0.25, -0.2) is 0 Å². The summed E-state index contributed by atoms with van der Waals surface area (Å²) in [7, 11) is 0. The largest absolute Gasteiger partial charge is 0.396 e. The fourth-order valence-corrected chi connectivity index (χ4v) is 16.1. The third-order valence-electron chi connectivity index (χ3n) is 6.52. The Labute approximate surface area is 304 Å². The summed E-state index contributed by atoms with van der Waals surface area (Å²) >= 11 is 14.2. The zero-order valence-corrected chi connectivity index (χ0v) is 31.6. The van der Waals surface area contributed by atoms with Gasteiger partial charge in [-0.3, -0.25) is 9.59 Å². The van der Waals surface area contributed by atoms with Crippen LogP contribution in [0.1, 0.15) is 42.4 Å². The van der Waals surface area contributed by atoms with E-state index in [2.05, 4.69) is 29.4 Å². The number of aliphatic hydroxyl groups is 1. The van der Waals surface area contributed by atoms with E-state index in [0.29, 0.717) is 30.0 Å². The number of rotatable bonds is 19. The Kier molecular flexibility index (Phi) is 16.3. The van der Waals surface area contributed by atoms with Crippen LogP contribution in [-0.2, 0) is 22.4 Å².